The van der Waals surface area contributed by atoms with Gasteiger partial charge in [-0.15, -0.1) is 0 Å². The van der Waals surface area contributed by atoms with Crippen molar-refractivity contribution < 1.29 is 24.2 Å². The molecule has 0 saturated heterocycles. The normalized spacial score (nSPS) is 14.9. The van der Waals surface area contributed by atoms with Crippen LogP contribution >= 0.6 is 0 Å². The Labute approximate surface area is 175 Å². The van der Waals surface area contributed by atoms with Gasteiger partial charge in [0.25, 0.3) is 0 Å². The molecule has 3 rings (SSSR count). The minimum Gasteiger partial charge on any atom is -0.493 e. The summed E-state index contributed by atoms with van der Waals surface area (Å²) in [6, 6.07) is 4.98. The molecule has 1 aromatic heterocycles. The fraction of sp³-hybridized carbons (Fsp3) is 0.435. The average Bonchev–Trinajstić information content (AvgIpc) is 2.69. The summed E-state index contributed by atoms with van der Waals surface area (Å²) >= 11 is 0. The quantitative estimate of drug-likeness (QED) is 0.525. The number of benzene rings is 1. The van der Waals surface area contributed by atoms with E-state index >= 15 is 0 Å². The van der Waals surface area contributed by atoms with Crippen LogP contribution in [0.3, 0.4) is 0 Å². The highest BCUT2D eigenvalue weighted by molar-refractivity contribution is 5.98. The highest BCUT2D eigenvalue weighted by Gasteiger charge is 2.29. The molecule has 1 N–H and O–H groups in total. The van der Waals surface area contributed by atoms with Gasteiger partial charge in [0.15, 0.2) is 11.2 Å². The molecule has 0 spiro atoms. The van der Waals surface area contributed by atoms with Crippen LogP contribution in [0.15, 0.2) is 29.2 Å². The Bertz CT molecular complexity index is 1040. The lowest BCUT2D eigenvalue weighted by atomic mass is 9.86. The van der Waals surface area contributed by atoms with Gasteiger partial charge in [-0.05, 0) is 37.0 Å². The van der Waals surface area contributed by atoms with Gasteiger partial charge in [-0.25, -0.2) is 4.79 Å². The number of hydrogen-bond acceptors (Lipinski definition) is 5. The van der Waals surface area contributed by atoms with E-state index in [-0.39, 0.29) is 23.3 Å². The molecule has 0 bridgehead atoms. The van der Waals surface area contributed by atoms with Crippen molar-refractivity contribution in [3.05, 3.63) is 51.3 Å². The number of pyridine rings is 1. The monoisotopic (exact) mass is 413 g/mol. The summed E-state index contributed by atoms with van der Waals surface area (Å²) in [5, 5.41) is 9.38. The predicted octanol–water partition coefficient (Wildman–Crippen LogP) is 3.58. The third-order valence-corrected chi connectivity index (χ3v) is 5.48. The molecule has 1 aliphatic rings. The Balaban J connectivity index is 2.15. The van der Waals surface area contributed by atoms with Crippen molar-refractivity contribution in [1.29, 1.82) is 0 Å². The Morgan fingerprint density at radius 2 is 1.93 bits per heavy atom. The van der Waals surface area contributed by atoms with E-state index < -0.39 is 11.4 Å². The third kappa shape index (κ3) is 4.16. The Morgan fingerprint density at radius 3 is 2.53 bits per heavy atom. The van der Waals surface area contributed by atoms with E-state index in [1.165, 1.54) is 19.2 Å². The number of Topliss-reactive ketones (excluding diaryl/α,β-unsaturated/α-hetero) is 1. The summed E-state index contributed by atoms with van der Waals surface area (Å²) in [6.45, 7) is 6.59. The maximum atomic E-state index is 12.4. The number of carbonyl (C=O) groups is 2. The van der Waals surface area contributed by atoms with E-state index in [0.717, 1.165) is 11.1 Å². The number of carboxylic acid groups (broad SMARTS) is 1. The second kappa shape index (κ2) is 8.83. The molecule has 7 nitrogen and oxygen atoms in total. The summed E-state index contributed by atoms with van der Waals surface area (Å²) in [6.07, 6.45) is 2.78. The zero-order valence-corrected chi connectivity index (χ0v) is 17.7. The first kappa shape index (κ1) is 21.8. The number of hydrogen-bond donors (Lipinski definition) is 1. The van der Waals surface area contributed by atoms with Gasteiger partial charge in [0, 0.05) is 44.0 Å². The molecule has 1 unspecified atom stereocenters. The number of aromatic nitrogens is 1. The molecular weight excluding hydrogens is 386 g/mol. The summed E-state index contributed by atoms with van der Waals surface area (Å²) in [4.78, 5) is 36.2. The van der Waals surface area contributed by atoms with E-state index in [9.17, 15) is 19.5 Å². The molecule has 1 aliphatic heterocycles. The lowest BCUT2D eigenvalue weighted by Crippen LogP contribution is -2.28. The summed E-state index contributed by atoms with van der Waals surface area (Å²) in [5.74, 6) is -0.646. The largest absolute Gasteiger partial charge is 0.493 e. The van der Waals surface area contributed by atoms with Crippen LogP contribution < -0.4 is 10.2 Å². The number of rotatable bonds is 8. The number of aromatic carboxylic acids is 1. The fourth-order valence-electron chi connectivity index (χ4n) is 3.89. The van der Waals surface area contributed by atoms with Gasteiger partial charge in [-0.1, -0.05) is 13.8 Å². The number of carboxylic acids is 1. The number of carbonyl (C=O) groups excluding carboxylic acids is 1. The van der Waals surface area contributed by atoms with Crippen molar-refractivity contribution in [2.45, 2.75) is 39.7 Å². The van der Waals surface area contributed by atoms with E-state index in [0.29, 0.717) is 43.1 Å². The van der Waals surface area contributed by atoms with Crippen molar-refractivity contribution in [2.24, 2.45) is 5.92 Å². The Hall–Kier alpha value is -2.93. The molecular formula is C23H27NO6. The van der Waals surface area contributed by atoms with E-state index in [1.807, 2.05) is 10.6 Å². The highest BCUT2D eigenvalue weighted by Crippen LogP contribution is 2.40. The molecule has 30 heavy (non-hydrogen) atoms. The standard InChI is InChI=1S/C23H27NO6/c1-13(2)19-8-15-9-22(30-7-5-6-29-4)16(14(3)25)10-17(15)20-11-21(26)18(23(27)28)12-24(19)20/h9-13,19H,5-8H2,1-4H3,(H,27,28). The lowest BCUT2D eigenvalue weighted by molar-refractivity contribution is 0.0694. The van der Waals surface area contributed by atoms with Gasteiger partial charge in [0.2, 0.25) is 0 Å². The molecule has 0 radical (unpaired) electrons. The zero-order chi connectivity index (χ0) is 22.0. The second-order valence-corrected chi connectivity index (χ2v) is 7.92. The molecule has 0 fully saturated rings. The molecule has 160 valence electrons. The third-order valence-electron chi connectivity index (χ3n) is 5.48. The molecule has 7 heteroatoms. The SMILES string of the molecule is COCCCOc1cc2c(cc1C(C)=O)-c1cc(=O)c(C(=O)O)cn1C(C(C)C)C2. The molecule has 0 saturated carbocycles. The van der Waals surface area contributed by atoms with Crippen molar-refractivity contribution in [2.75, 3.05) is 20.3 Å². The first-order valence-electron chi connectivity index (χ1n) is 10.0. The van der Waals surface area contributed by atoms with Gasteiger partial charge in [-0.2, -0.15) is 0 Å². The fourth-order valence-corrected chi connectivity index (χ4v) is 3.89. The minimum absolute atomic E-state index is 0.0179. The summed E-state index contributed by atoms with van der Waals surface area (Å²) in [7, 11) is 1.63. The predicted molar refractivity (Wildman–Crippen MR) is 113 cm³/mol. The first-order valence-corrected chi connectivity index (χ1v) is 10.0. The Kier molecular flexibility index (Phi) is 6.41. The van der Waals surface area contributed by atoms with Crippen LogP contribution in [0.4, 0.5) is 0 Å². The lowest BCUT2D eigenvalue weighted by Gasteiger charge is -2.34. The molecule has 1 aromatic carbocycles. The van der Waals surface area contributed by atoms with Crippen LogP contribution in [0.25, 0.3) is 11.3 Å². The van der Waals surface area contributed by atoms with E-state index in [1.54, 1.807) is 13.2 Å². The van der Waals surface area contributed by atoms with Gasteiger partial charge in [-0.3, -0.25) is 9.59 Å². The van der Waals surface area contributed by atoms with Crippen LogP contribution in [0.2, 0.25) is 0 Å². The smallest absolute Gasteiger partial charge is 0.341 e. The molecule has 0 amide bonds. The van der Waals surface area contributed by atoms with Crippen molar-refractivity contribution >= 4 is 11.8 Å². The van der Waals surface area contributed by atoms with Crippen LogP contribution in [-0.4, -0.2) is 41.7 Å². The van der Waals surface area contributed by atoms with Crippen molar-refractivity contribution in [1.82, 2.24) is 4.57 Å². The molecule has 2 aromatic rings. The van der Waals surface area contributed by atoms with Crippen LogP contribution in [0.1, 0.15) is 59.5 Å². The van der Waals surface area contributed by atoms with Crippen LogP contribution in [0, 0.1) is 5.92 Å². The molecule has 2 heterocycles. The number of ether oxygens (including phenoxy) is 2. The second-order valence-electron chi connectivity index (χ2n) is 7.92. The zero-order valence-electron chi connectivity index (χ0n) is 17.7. The van der Waals surface area contributed by atoms with Gasteiger partial charge in [0.05, 0.1) is 17.9 Å². The highest BCUT2D eigenvalue weighted by atomic mass is 16.5. The van der Waals surface area contributed by atoms with E-state index in [4.69, 9.17) is 9.47 Å². The first-order chi connectivity index (χ1) is 14.2. The Morgan fingerprint density at radius 1 is 1.20 bits per heavy atom. The topological polar surface area (TPSA) is 94.8 Å². The van der Waals surface area contributed by atoms with Gasteiger partial charge < -0.3 is 19.1 Å². The van der Waals surface area contributed by atoms with Gasteiger partial charge in [0.1, 0.15) is 11.3 Å². The van der Waals surface area contributed by atoms with Crippen molar-refractivity contribution in [3.63, 3.8) is 0 Å². The van der Waals surface area contributed by atoms with Gasteiger partial charge >= 0.3 is 5.97 Å². The molecule has 1 atom stereocenters. The molecule has 0 aliphatic carbocycles. The maximum Gasteiger partial charge on any atom is 0.341 e. The van der Waals surface area contributed by atoms with E-state index in [2.05, 4.69) is 13.8 Å². The number of methoxy groups -OCH3 is 1. The number of fused-ring (bicyclic) bond motifs is 3. The summed E-state index contributed by atoms with van der Waals surface area (Å²) in [5.41, 5.74) is 2.00. The number of nitrogens with zero attached hydrogens (tertiary/aromatic N) is 1. The number of ketones is 1. The average molecular weight is 413 g/mol. The van der Waals surface area contributed by atoms with Crippen LogP contribution in [0.5, 0.6) is 5.75 Å². The minimum atomic E-state index is -1.24. The maximum absolute atomic E-state index is 12.4. The summed E-state index contributed by atoms with van der Waals surface area (Å²) < 4.78 is 12.8. The van der Waals surface area contributed by atoms with Crippen molar-refractivity contribution in [3.8, 4) is 17.0 Å². The van der Waals surface area contributed by atoms with Crippen LogP contribution in [-0.2, 0) is 11.2 Å².